The van der Waals surface area contributed by atoms with Crippen LogP contribution in [0.25, 0.3) is 0 Å². The molecule has 6 N–H and O–H groups in total. The van der Waals surface area contributed by atoms with E-state index in [2.05, 4.69) is 34.3 Å². The molecule has 220 valence electrons. The van der Waals surface area contributed by atoms with Crippen LogP contribution in [-0.2, 0) is 9.53 Å². The van der Waals surface area contributed by atoms with Crippen molar-refractivity contribution in [2.75, 3.05) is 39.3 Å². The van der Waals surface area contributed by atoms with Crippen molar-refractivity contribution in [3.8, 4) is 0 Å². The first-order valence-corrected chi connectivity index (χ1v) is 16.1. The van der Waals surface area contributed by atoms with Gasteiger partial charge in [-0.1, -0.05) is 46.0 Å². The number of alkyl halides is 1. The molecule has 8 nitrogen and oxygen atoms in total. The van der Waals surface area contributed by atoms with Gasteiger partial charge < -0.3 is 31.7 Å². The Morgan fingerprint density at radius 2 is 1.92 bits per heavy atom. The number of amides is 1. The van der Waals surface area contributed by atoms with Crippen molar-refractivity contribution < 1.29 is 9.53 Å². The Balaban J connectivity index is 1.43. The third-order valence-electron chi connectivity index (χ3n) is 9.72. The van der Waals surface area contributed by atoms with Crippen LogP contribution in [0.3, 0.4) is 0 Å². The fourth-order valence-electron chi connectivity index (χ4n) is 7.52. The van der Waals surface area contributed by atoms with Gasteiger partial charge in [0.15, 0.2) is 0 Å². The zero-order valence-corrected chi connectivity index (χ0v) is 24.8. The molecule has 0 aliphatic carbocycles. The third-order valence-corrected chi connectivity index (χ3v) is 10.1. The number of carbonyl (C=O) groups is 1. The fourth-order valence-corrected chi connectivity index (χ4v) is 7.78. The lowest BCUT2D eigenvalue weighted by molar-refractivity contribution is -0.153. The summed E-state index contributed by atoms with van der Waals surface area (Å²) in [6, 6.07) is 0.0112. The lowest BCUT2D eigenvalue weighted by Gasteiger charge is -2.64. The molecule has 4 aliphatic rings. The van der Waals surface area contributed by atoms with Crippen molar-refractivity contribution >= 4 is 17.5 Å². The van der Waals surface area contributed by atoms with Crippen LogP contribution in [0.2, 0.25) is 0 Å². The molecule has 4 aliphatic heterocycles. The SMILES string of the molecule is CCCCCN1CCC(O[C@@H]2CCNC2)C(NC(=O)C(C(N)N)C2CC3(CCCCC)CCC(Cl)CN23)C1. The molecular weight excluding hydrogens is 500 g/mol. The molecule has 4 heterocycles. The lowest BCUT2D eigenvalue weighted by Crippen LogP contribution is -2.74. The summed E-state index contributed by atoms with van der Waals surface area (Å²) in [4.78, 5) is 18.9. The van der Waals surface area contributed by atoms with Crippen molar-refractivity contribution in [3.63, 3.8) is 0 Å². The number of halogens is 1. The number of fused-ring (bicyclic) bond motifs is 1. The molecule has 9 heteroatoms. The predicted molar refractivity (Wildman–Crippen MR) is 155 cm³/mol. The first-order chi connectivity index (χ1) is 18.4. The average molecular weight is 555 g/mol. The summed E-state index contributed by atoms with van der Waals surface area (Å²) in [5.74, 6) is -0.456. The van der Waals surface area contributed by atoms with Crippen LogP contribution in [-0.4, -0.2) is 96.3 Å². The molecule has 0 aromatic carbocycles. The minimum absolute atomic E-state index is 0.0117. The van der Waals surface area contributed by atoms with Gasteiger partial charge in [0.1, 0.15) is 0 Å². The van der Waals surface area contributed by atoms with Crippen LogP contribution in [0.4, 0.5) is 0 Å². The molecular formula is C29H55ClN6O2. The summed E-state index contributed by atoms with van der Waals surface area (Å²) < 4.78 is 6.56. The number of nitrogens with zero attached hydrogens (tertiary/aromatic N) is 2. The Bertz CT molecular complexity index is 738. The van der Waals surface area contributed by atoms with E-state index in [1.165, 1.54) is 44.9 Å². The largest absolute Gasteiger partial charge is 0.371 e. The molecule has 0 saturated carbocycles. The number of hydrogen-bond acceptors (Lipinski definition) is 7. The molecule has 4 rings (SSSR count). The highest BCUT2D eigenvalue weighted by Crippen LogP contribution is 2.50. The van der Waals surface area contributed by atoms with E-state index in [-0.39, 0.29) is 41.1 Å². The molecule has 4 saturated heterocycles. The summed E-state index contributed by atoms with van der Waals surface area (Å²) in [7, 11) is 0. The van der Waals surface area contributed by atoms with Crippen LogP contribution >= 0.6 is 11.6 Å². The van der Waals surface area contributed by atoms with Gasteiger partial charge in [0.2, 0.25) is 5.91 Å². The molecule has 0 aromatic rings. The number of carbonyl (C=O) groups excluding carboxylic acids is 1. The van der Waals surface area contributed by atoms with Crippen molar-refractivity contribution in [2.45, 2.75) is 132 Å². The predicted octanol–water partition coefficient (Wildman–Crippen LogP) is 2.77. The van der Waals surface area contributed by atoms with Crippen molar-refractivity contribution in [1.29, 1.82) is 0 Å². The molecule has 0 bridgehead atoms. The van der Waals surface area contributed by atoms with Gasteiger partial charge in [-0.15, -0.1) is 11.6 Å². The van der Waals surface area contributed by atoms with Crippen LogP contribution in [0.15, 0.2) is 0 Å². The number of nitrogens with one attached hydrogen (secondary N) is 2. The fraction of sp³-hybridized carbons (Fsp3) is 0.966. The number of nitrogens with two attached hydrogens (primary N) is 2. The summed E-state index contributed by atoms with van der Waals surface area (Å²) in [5, 5.41) is 6.95. The zero-order valence-electron chi connectivity index (χ0n) is 24.0. The topological polar surface area (TPSA) is 109 Å². The number of unbranched alkanes of at least 4 members (excludes halogenated alkanes) is 4. The maximum absolute atomic E-state index is 13.9. The number of hydrogen-bond donors (Lipinski definition) is 4. The first-order valence-electron chi connectivity index (χ1n) is 15.7. The highest BCUT2D eigenvalue weighted by Gasteiger charge is 2.57. The molecule has 6 unspecified atom stereocenters. The minimum atomic E-state index is -0.702. The zero-order chi connectivity index (χ0) is 27.1. The summed E-state index contributed by atoms with van der Waals surface area (Å²) >= 11 is 6.66. The van der Waals surface area contributed by atoms with Gasteiger partial charge >= 0.3 is 0 Å². The molecule has 1 amide bonds. The van der Waals surface area contributed by atoms with Crippen LogP contribution < -0.4 is 22.1 Å². The Kier molecular flexibility index (Phi) is 11.6. The Hall–Kier alpha value is -0.480. The van der Waals surface area contributed by atoms with E-state index < -0.39 is 12.1 Å². The number of rotatable bonds is 14. The minimum Gasteiger partial charge on any atom is -0.371 e. The van der Waals surface area contributed by atoms with Crippen molar-refractivity contribution in [3.05, 3.63) is 0 Å². The van der Waals surface area contributed by atoms with Crippen molar-refractivity contribution in [2.24, 2.45) is 17.4 Å². The van der Waals surface area contributed by atoms with E-state index in [0.29, 0.717) is 0 Å². The smallest absolute Gasteiger partial charge is 0.227 e. The van der Waals surface area contributed by atoms with Gasteiger partial charge in [-0.2, -0.15) is 0 Å². The molecule has 0 radical (unpaired) electrons. The van der Waals surface area contributed by atoms with Gasteiger partial charge in [-0.25, -0.2) is 0 Å². The number of likely N-dealkylation sites (tertiary alicyclic amines) is 1. The standard InChI is InChI=1S/C29H55ClN6O2/c1-3-5-7-12-29-13-9-21(30)19-36(29)24(17-29)26(27(31)32)28(37)34-23-20-35(15-8-6-4-2)16-11-25(23)38-22-10-14-33-18-22/h21-27,33H,3-20,31-32H2,1-2H3,(H,34,37)/t21?,22-,23?,24?,25?,26?,29?/m1/s1. The van der Waals surface area contributed by atoms with Gasteiger partial charge in [0.25, 0.3) is 0 Å². The van der Waals surface area contributed by atoms with Crippen LogP contribution in [0.1, 0.15) is 90.9 Å². The molecule has 0 spiro atoms. The maximum atomic E-state index is 13.9. The first kappa shape index (κ1) is 30.5. The molecule has 0 aromatic heterocycles. The summed E-state index contributed by atoms with van der Waals surface area (Å²) in [6.07, 6.45) is 13.2. The van der Waals surface area contributed by atoms with E-state index >= 15 is 0 Å². The quantitative estimate of drug-likeness (QED) is 0.148. The summed E-state index contributed by atoms with van der Waals surface area (Å²) in [5.41, 5.74) is 12.9. The van der Waals surface area contributed by atoms with E-state index in [0.717, 1.165) is 71.4 Å². The second-order valence-corrected chi connectivity index (χ2v) is 13.2. The van der Waals surface area contributed by atoms with E-state index in [9.17, 15) is 4.79 Å². The van der Waals surface area contributed by atoms with Crippen LogP contribution in [0, 0.1) is 5.92 Å². The van der Waals surface area contributed by atoms with Crippen LogP contribution in [0.5, 0.6) is 0 Å². The highest BCUT2D eigenvalue weighted by molar-refractivity contribution is 6.20. The van der Waals surface area contributed by atoms with Gasteiger partial charge in [-0.3, -0.25) is 9.69 Å². The normalized spacial score (nSPS) is 35.2. The highest BCUT2D eigenvalue weighted by atomic mass is 35.5. The second kappa shape index (κ2) is 14.4. The monoisotopic (exact) mass is 554 g/mol. The molecule has 7 atom stereocenters. The summed E-state index contributed by atoms with van der Waals surface area (Å²) in [6.45, 7) is 10.1. The molecule has 4 fully saturated rings. The second-order valence-electron chi connectivity index (χ2n) is 12.5. The van der Waals surface area contributed by atoms with Gasteiger partial charge in [0, 0.05) is 43.1 Å². The van der Waals surface area contributed by atoms with Gasteiger partial charge in [-0.05, 0) is 58.0 Å². The van der Waals surface area contributed by atoms with E-state index in [4.69, 9.17) is 27.8 Å². The van der Waals surface area contributed by atoms with E-state index in [1.807, 2.05) is 0 Å². The van der Waals surface area contributed by atoms with E-state index in [1.54, 1.807) is 0 Å². The third kappa shape index (κ3) is 7.42. The van der Waals surface area contributed by atoms with Gasteiger partial charge in [0.05, 0.1) is 30.3 Å². The molecule has 38 heavy (non-hydrogen) atoms. The number of piperidine rings is 2. The lowest BCUT2D eigenvalue weighted by atomic mass is 9.65. The number of ether oxygens (including phenoxy) is 1. The Morgan fingerprint density at radius 3 is 2.63 bits per heavy atom. The Morgan fingerprint density at radius 1 is 1.13 bits per heavy atom. The van der Waals surface area contributed by atoms with Crippen molar-refractivity contribution in [1.82, 2.24) is 20.4 Å². The Labute approximate surface area is 236 Å². The average Bonchev–Trinajstić information content (AvgIpc) is 3.39. The maximum Gasteiger partial charge on any atom is 0.227 e.